The topological polar surface area (TPSA) is 112 Å². The van der Waals surface area contributed by atoms with Gasteiger partial charge in [-0.2, -0.15) is 0 Å². The molecule has 1 amide bonds. The molecule has 1 N–H and O–H groups in total. The van der Waals surface area contributed by atoms with Crippen LogP contribution in [0.5, 0.6) is 0 Å². The number of anilines is 1. The van der Waals surface area contributed by atoms with Crippen LogP contribution in [0.1, 0.15) is 37.0 Å². The van der Waals surface area contributed by atoms with E-state index in [9.17, 15) is 4.79 Å². The average Bonchev–Trinajstić information content (AvgIpc) is 3.48. The first-order valence-electron chi connectivity index (χ1n) is 9.79. The predicted molar refractivity (Wildman–Crippen MR) is 116 cm³/mol. The Bertz CT molecular complexity index is 1160. The van der Waals surface area contributed by atoms with Crippen molar-refractivity contribution in [3.05, 3.63) is 59.9 Å². The van der Waals surface area contributed by atoms with Gasteiger partial charge in [0.25, 0.3) is 0 Å². The van der Waals surface area contributed by atoms with Crippen LogP contribution in [0.3, 0.4) is 0 Å². The number of rotatable bonds is 8. The molecule has 0 spiro atoms. The van der Waals surface area contributed by atoms with Crippen molar-refractivity contribution in [3.63, 3.8) is 0 Å². The first-order valence-corrected chi connectivity index (χ1v) is 10.8. The van der Waals surface area contributed by atoms with Crippen molar-refractivity contribution in [1.29, 1.82) is 0 Å². The van der Waals surface area contributed by atoms with Crippen LogP contribution in [0.15, 0.2) is 56.7 Å². The third-order valence-corrected chi connectivity index (χ3v) is 5.48. The van der Waals surface area contributed by atoms with Crippen LogP contribution < -0.4 is 5.32 Å². The molecular formula is C21H22N6O3S. The number of aryl methyl sites for hydroxylation is 1. The minimum absolute atomic E-state index is 0.0915. The van der Waals surface area contributed by atoms with Gasteiger partial charge in [-0.05, 0) is 18.6 Å². The van der Waals surface area contributed by atoms with Crippen LogP contribution in [0.25, 0.3) is 11.4 Å². The maximum Gasteiger partial charge on any atom is 0.322 e. The molecule has 0 unspecified atom stereocenters. The molecular weight excluding hydrogens is 416 g/mol. The summed E-state index contributed by atoms with van der Waals surface area (Å²) in [4.78, 5) is 12.4. The lowest BCUT2D eigenvalue weighted by Crippen LogP contribution is -2.15. The van der Waals surface area contributed by atoms with Gasteiger partial charge in [0.1, 0.15) is 5.76 Å². The number of nitrogens with one attached hydrogen (secondary N) is 1. The Labute approximate surface area is 183 Å². The maximum absolute atomic E-state index is 12.4. The van der Waals surface area contributed by atoms with Gasteiger partial charge in [0.2, 0.25) is 11.8 Å². The van der Waals surface area contributed by atoms with E-state index in [4.69, 9.17) is 8.83 Å². The molecule has 1 aromatic carbocycles. The SMILES string of the molecule is Cc1occc1-c1nnc(SCC(=O)Nc2nnc(C(C)C)o2)n1Cc1ccccc1. The number of carbonyl (C=O) groups is 1. The van der Waals surface area contributed by atoms with E-state index in [-0.39, 0.29) is 23.6 Å². The highest BCUT2D eigenvalue weighted by atomic mass is 32.2. The lowest BCUT2D eigenvalue weighted by Gasteiger charge is -2.10. The molecule has 4 rings (SSSR count). The molecule has 31 heavy (non-hydrogen) atoms. The molecule has 0 saturated carbocycles. The van der Waals surface area contributed by atoms with Gasteiger partial charge in [-0.1, -0.05) is 61.0 Å². The molecule has 0 aliphatic carbocycles. The van der Waals surface area contributed by atoms with E-state index in [0.717, 1.165) is 16.9 Å². The number of amides is 1. The van der Waals surface area contributed by atoms with Gasteiger partial charge in [0, 0.05) is 5.92 Å². The van der Waals surface area contributed by atoms with Crippen LogP contribution in [0.2, 0.25) is 0 Å². The summed E-state index contributed by atoms with van der Waals surface area (Å²) in [6.07, 6.45) is 1.63. The van der Waals surface area contributed by atoms with Gasteiger partial charge in [0.05, 0.1) is 24.1 Å². The van der Waals surface area contributed by atoms with Crippen LogP contribution in [0, 0.1) is 6.92 Å². The number of furan rings is 1. The van der Waals surface area contributed by atoms with E-state index < -0.39 is 0 Å². The molecule has 0 atom stereocenters. The third kappa shape index (κ3) is 4.85. The molecule has 3 aromatic heterocycles. The fourth-order valence-electron chi connectivity index (χ4n) is 2.92. The highest BCUT2D eigenvalue weighted by Gasteiger charge is 2.19. The Morgan fingerprint density at radius 1 is 1.13 bits per heavy atom. The van der Waals surface area contributed by atoms with E-state index in [0.29, 0.717) is 23.4 Å². The van der Waals surface area contributed by atoms with E-state index in [1.54, 1.807) is 6.26 Å². The molecule has 10 heteroatoms. The maximum atomic E-state index is 12.4. The van der Waals surface area contributed by atoms with Crippen molar-refractivity contribution in [2.45, 2.75) is 38.4 Å². The number of nitrogens with zero attached hydrogens (tertiary/aromatic N) is 5. The number of thioether (sulfide) groups is 1. The Morgan fingerprint density at radius 3 is 2.61 bits per heavy atom. The summed E-state index contributed by atoms with van der Waals surface area (Å²) in [5.41, 5.74) is 1.97. The van der Waals surface area contributed by atoms with Gasteiger partial charge in [-0.15, -0.1) is 15.3 Å². The molecule has 0 aliphatic heterocycles. The smallest absolute Gasteiger partial charge is 0.322 e. The van der Waals surface area contributed by atoms with Crippen molar-refractivity contribution in [1.82, 2.24) is 25.0 Å². The van der Waals surface area contributed by atoms with Gasteiger partial charge in [-0.3, -0.25) is 14.7 Å². The van der Waals surface area contributed by atoms with E-state index >= 15 is 0 Å². The number of carbonyl (C=O) groups excluding carboxylic acids is 1. The highest BCUT2D eigenvalue weighted by molar-refractivity contribution is 7.99. The highest BCUT2D eigenvalue weighted by Crippen LogP contribution is 2.28. The zero-order valence-corrected chi connectivity index (χ0v) is 18.2. The van der Waals surface area contributed by atoms with Crippen molar-refractivity contribution in [2.24, 2.45) is 0 Å². The van der Waals surface area contributed by atoms with Crippen molar-refractivity contribution in [3.8, 4) is 11.4 Å². The molecule has 0 saturated heterocycles. The Kier molecular flexibility index (Phi) is 6.17. The first kappa shape index (κ1) is 20.9. The van der Waals surface area contributed by atoms with E-state index in [2.05, 4.69) is 25.7 Å². The van der Waals surface area contributed by atoms with Crippen LogP contribution in [0.4, 0.5) is 6.01 Å². The van der Waals surface area contributed by atoms with Gasteiger partial charge in [0.15, 0.2) is 11.0 Å². The second-order valence-electron chi connectivity index (χ2n) is 7.21. The average molecular weight is 439 g/mol. The van der Waals surface area contributed by atoms with Crippen LogP contribution >= 0.6 is 11.8 Å². The summed E-state index contributed by atoms with van der Waals surface area (Å²) in [5, 5.41) is 19.7. The molecule has 3 heterocycles. The Morgan fingerprint density at radius 2 is 1.94 bits per heavy atom. The second kappa shape index (κ2) is 9.17. The molecule has 160 valence electrons. The number of benzene rings is 1. The summed E-state index contributed by atoms with van der Waals surface area (Å²) in [6.45, 7) is 6.33. The summed E-state index contributed by atoms with van der Waals surface area (Å²) < 4.78 is 12.9. The third-order valence-electron chi connectivity index (χ3n) is 4.51. The van der Waals surface area contributed by atoms with E-state index in [1.807, 2.05) is 61.7 Å². The zero-order valence-electron chi connectivity index (χ0n) is 17.4. The Hall–Kier alpha value is -3.40. The largest absolute Gasteiger partial charge is 0.469 e. The number of hydrogen-bond acceptors (Lipinski definition) is 8. The van der Waals surface area contributed by atoms with Crippen molar-refractivity contribution in [2.75, 3.05) is 11.1 Å². The lowest BCUT2D eigenvalue weighted by molar-refractivity contribution is -0.113. The van der Waals surface area contributed by atoms with Crippen molar-refractivity contribution >= 4 is 23.7 Å². The second-order valence-corrected chi connectivity index (χ2v) is 8.15. The summed E-state index contributed by atoms with van der Waals surface area (Å²) in [5.74, 6) is 1.88. The lowest BCUT2D eigenvalue weighted by atomic mass is 10.2. The minimum Gasteiger partial charge on any atom is -0.469 e. The minimum atomic E-state index is -0.265. The fraction of sp³-hybridized carbons (Fsp3) is 0.286. The molecule has 0 bridgehead atoms. The van der Waals surface area contributed by atoms with Crippen molar-refractivity contribution < 1.29 is 13.6 Å². The molecule has 0 radical (unpaired) electrons. The number of hydrogen-bond donors (Lipinski definition) is 1. The standard InChI is InChI=1S/C21H22N6O3S/c1-13(2)19-24-25-20(30-19)22-17(28)12-31-21-26-23-18(16-9-10-29-14(16)3)27(21)11-15-7-5-4-6-8-15/h4-10,13H,11-12H2,1-3H3,(H,22,25,28). The van der Waals surface area contributed by atoms with Gasteiger partial charge in [-0.25, -0.2) is 0 Å². The Balaban J connectivity index is 1.51. The fourth-order valence-corrected chi connectivity index (χ4v) is 3.66. The monoisotopic (exact) mass is 438 g/mol. The predicted octanol–water partition coefficient (Wildman–Crippen LogP) is 4.13. The summed E-state index contributed by atoms with van der Waals surface area (Å²) >= 11 is 1.29. The molecule has 0 fully saturated rings. The normalized spacial score (nSPS) is 11.2. The number of aromatic nitrogens is 5. The van der Waals surface area contributed by atoms with E-state index in [1.165, 1.54) is 11.8 Å². The summed E-state index contributed by atoms with van der Waals surface area (Å²) in [6, 6.07) is 12.0. The molecule has 4 aromatic rings. The van der Waals surface area contributed by atoms with Gasteiger partial charge >= 0.3 is 6.01 Å². The van der Waals surface area contributed by atoms with Gasteiger partial charge < -0.3 is 8.83 Å². The van der Waals surface area contributed by atoms with Crippen LogP contribution in [-0.2, 0) is 11.3 Å². The first-order chi connectivity index (χ1) is 15.0. The zero-order chi connectivity index (χ0) is 21.8. The molecule has 0 aliphatic rings. The quantitative estimate of drug-likeness (QED) is 0.409. The molecule has 9 nitrogen and oxygen atoms in total. The van der Waals surface area contributed by atoms with Crippen LogP contribution in [-0.4, -0.2) is 36.6 Å². The summed E-state index contributed by atoms with van der Waals surface area (Å²) in [7, 11) is 0.